The maximum absolute atomic E-state index is 11.8. The number of carbonyl (C=O) groups is 1. The molecule has 120 valence electrons. The number of nitrogens with zero attached hydrogens (tertiary/aromatic N) is 1. The van der Waals surface area contributed by atoms with Gasteiger partial charge in [-0.15, -0.1) is 0 Å². The Morgan fingerprint density at radius 3 is 2.65 bits per heavy atom. The van der Waals surface area contributed by atoms with E-state index in [0.29, 0.717) is 20.5 Å². The van der Waals surface area contributed by atoms with Crippen LogP contribution in [-0.4, -0.2) is 15.7 Å². The summed E-state index contributed by atoms with van der Waals surface area (Å²) in [4.78, 5) is 23.4. The number of hydrogen-bond donors (Lipinski definition) is 1. The lowest BCUT2D eigenvalue weighted by molar-refractivity contribution is -0.387. The van der Waals surface area contributed by atoms with E-state index in [9.17, 15) is 14.9 Å². The van der Waals surface area contributed by atoms with Gasteiger partial charge in [0, 0.05) is 16.0 Å². The molecule has 0 fully saturated rings. The summed E-state index contributed by atoms with van der Waals surface area (Å²) in [6, 6.07) is 11.6. The Labute approximate surface area is 150 Å². The van der Waals surface area contributed by atoms with Gasteiger partial charge < -0.3 is 5.32 Å². The van der Waals surface area contributed by atoms with Crippen molar-refractivity contribution in [1.82, 2.24) is 0 Å². The van der Waals surface area contributed by atoms with E-state index >= 15 is 0 Å². The zero-order chi connectivity index (χ0) is 17.0. The van der Waals surface area contributed by atoms with Gasteiger partial charge in [0.1, 0.15) is 0 Å². The lowest BCUT2D eigenvalue weighted by Crippen LogP contribution is -2.20. The van der Waals surface area contributed by atoms with Crippen molar-refractivity contribution in [3.05, 3.63) is 57.6 Å². The Kier molecular flexibility index (Phi) is 6.04. The third-order valence-corrected chi connectivity index (χ3v) is 4.64. The summed E-state index contributed by atoms with van der Waals surface area (Å²) in [5.74, 6) is -0.191. The van der Waals surface area contributed by atoms with Crippen LogP contribution in [0.15, 0.2) is 52.3 Å². The fraction of sp³-hybridized carbons (Fsp3) is 0.133. The lowest BCUT2D eigenvalue weighted by atomic mass is 10.3. The van der Waals surface area contributed by atoms with Crippen LogP contribution in [0.25, 0.3) is 0 Å². The first-order valence-electron chi connectivity index (χ1n) is 6.54. The highest BCUT2D eigenvalue weighted by atomic mass is 79.9. The molecule has 2 aromatic carbocycles. The lowest BCUT2D eigenvalue weighted by Gasteiger charge is -2.12. The molecule has 8 heteroatoms. The smallest absolute Gasteiger partial charge is 0.284 e. The number of anilines is 1. The van der Waals surface area contributed by atoms with Crippen LogP contribution in [0, 0.1) is 10.1 Å². The highest BCUT2D eigenvalue weighted by Gasteiger charge is 2.18. The minimum atomic E-state index is -0.476. The van der Waals surface area contributed by atoms with Gasteiger partial charge in [-0.25, -0.2) is 0 Å². The highest BCUT2D eigenvalue weighted by Crippen LogP contribution is 2.39. The predicted octanol–water partition coefficient (Wildman–Crippen LogP) is 5.12. The Hall–Kier alpha value is -1.57. The second-order valence-corrected chi connectivity index (χ2v) is 7.47. The number of rotatable bonds is 5. The summed E-state index contributed by atoms with van der Waals surface area (Å²) in [7, 11) is 0. The average Bonchev–Trinajstić information content (AvgIpc) is 2.50. The zero-order valence-corrected chi connectivity index (χ0v) is 15.1. The van der Waals surface area contributed by atoms with Crippen molar-refractivity contribution >= 4 is 56.6 Å². The highest BCUT2D eigenvalue weighted by molar-refractivity contribution is 9.10. The summed E-state index contributed by atoms with van der Waals surface area (Å²) in [5, 5.41) is 14.3. The molecule has 0 heterocycles. The summed E-state index contributed by atoms with van der Waals surface area (Å²) in [6.07, 6.45) is 0. The molecule has 1 amide bonds. The van der Waals surface area contributed by atoms with Gasteiger partial charge in [-0.05, 0) is 31.2 Å². The minimum Gasteiger partial charge on any atom is -0.324 e. The van der Waals surface area contributed by atoms with E-state index < -0.39 is 4.92 Å². The third-order valence-electron chi connectivity index (χ3n) is 2.84. The standard InChI is InChI=1S/C15H12BrClN2O3S/c1-9(16)15(20)18-11-4-2-3-5-13(11)23-14-7-6-10(17)8-12(14)19(21)22/h2-9H,1H3,(H,18,20)/t9-/m0/s1. The van der Waals surface area contributed by atoms with E-state index in [-0.39, 0.29) is 16.4 Å². The normalized spacial score (nSPS) is 11.8. The molecule has 0 bridgehead atoms. The van der Waals surface area contributed by atoms with Crippen LogP contribution < -0.4 is 5.32 Å². The average molecular weight is 416 g/mol. The van der Waals surface area contributed by atoms with Crippen molar-refractivity contribution in [1.29, 1.82) is 0 Å². The van der Waals surface area contributed by atoms with E-state index in [4.69, 9.17) is 11.6 Å². The number of nitro groups is 1. The van der Waals surface area contributed by atoms with Crippen molar-refractivity contribution in [3.8, 4) is 0 Å². The maximum atomic E-state index is 11.8. The maximum Gasteiger partial charge on any atom is 0.284 e. The van der Waals surface area contributed by atoms with Gasteiger partial charge in [0.2, 0.25) is 5.91 Å². The largest absolute Gasteiger partial charge is 0.324 e. The Bertz CT molecular complexity index is 755. The summed E-state index contributed by atoms with van der Waals surface area (Å²) < 4.78 is 0. The number of nitrogens with one attached hydrogen (secondary N) is 1. The van der Waals surface area contributed by atoms with Crippen molar-refractivity contribution in [2.24, 2.45) is 0 Å². The molecule has 0 aromatic heterocycles. The van der Waals surface area contributed by atoms with Crippen LogP contribution >= 0.6 is 39.3 Å². The Morgan fingerprint density at radius 2 is 2.00 bits per heavy atom. The number of halogens is 2. The molecule has 0 saturated heterocycles. The molecule has 0 radical (unpaired) electrons. The number of carbonyl (C=O) groups excluding carboxylic acids is 1. The van der Waals surface area contributed by atoms with Crippen LogP contribution in [0.3, 0.4) is 0 Å². The fourth-order valence-corrected chi connectivity index (χ4v) is 3.00. The molecule has 0 aliphatic carbocycles. The summed E-state index contributed by atoms with van der Waals surface area (Å²) >= 11 is 10.2. The SMILES string of the molecule is C[C@H](Br)C(=O)Nc1ccccc1Sc1ccc(Cl)cc1[N+](=O)[O-]. The molecule has 0 unspecified atom stereocenters. The van der Waals surface area contributed by atoms with E-state index in [0.717, 1.165) is 0 Å². The molecule has 0 aliphatic heterocycles. The molecular formula is C15H12BrClN2O3S. The van der Waals surface area contributed by atoms with Crippen LogP contribution in [-0.2, 0) is 4.79 Å². The van der Waals surface area contributed by atoms with Gasteiger partial charge in [0.05, 0.1) is 20.3 Å². The monoisotopic (exact) mass is 414 g/mol. The Balaban J connectivity index is 2.34. The third kappa shape index (κ3) is 4.70. The van der Waals surface area contributed by atoms with Crippen molar-refractivity contribution in [2.75, 3.05) is 5.32 Å². The predicted molar refractivity (Wildman–Crippen MR) is 95.7 cm³/mol. The van der Waals surface area contributed by atoms with E-state index in [2.05, 4.69) is 21.2 Å². The number of para-hydroxylation sites is 1. The second-order valence-electron chi connectivity index (χ2n) is 4.57. The number of nitro benzene ring substituents is 1. The molecule has 2 rings (SSSR count). The van der Waals surface area contributed by atoms with Gasteiger partial charge in [0.15, 0.2) is 0 Å². The van der Waals surface area contributed by atoms with Gasteiger partial charge in [-0.3, -0.25) is 14.9 Å². The van der Waals surface area contributed by atoms with Crippen LogP contribution in [0.1, 0.15) is 6.92 Å². The molecule has 1 N–H and O–H groups in total. The molecule has 0 saturated carbocycles. The summed E-state index contributed by atoms with van der Waals surface area (Å²) in [6.45, 7) is 1.72. The molecule has 0 spiro atoms. The number of hydrogen-bond acceptors (Lipinski definition) is 4. The van der Waals surface area contributed by atoms with E-state index in [1.165, 1.54) is 17.8 Å². The van der Waals surface area contributed by atoms with Crippen molar-refractivity contribution < 1.29 is 9.72 Å². The topological polar surface area (TPSA) is 72.2 Å². The second kappa shape index (κ2) is 7.81. The van der Waals surface area contributed by atoms with E-state index in [1.807, 2.05) is 0 Å². The first-order valence-corrected chi connectivity index (χ1v) is 8.65. The quantitative estimate of drug-likeness (QED) is 0.418. The summed E-state index contributed by atoms with van der Waals surface area (Å²) in [5.41, 5.74) is 0.524. The zero-order valence-electron chi connectivity index (χ0n) is 12.0. The van der Waals surface area contributed by atoms with Crippen LogP contribution in [0.4, 0.5) is 11.4 Å². The van der Waals surface area contributed by atoms with Crippen LogP contribution in [0.5, 0.6) is 0 Å². The molecule has 2 aromatic rings. The van der Waals surface area contributed by atoms with Gasteiger partial charge in [0.25, 0.3) is 5.69 Å². The number of amides is 1. The molecule has 0 aliphatic rings. The first kappa shape index (κ1) is 17.8. The van der Waals surface area contributed by atoms with Crippen LogP contribution in [0.2, 0.25) is 5.02 Å². The van der Waals surface area contributed by atoms with Crippen molar-refractivity contribution in [2.45, 2.75) is 21.5 Å². The molecule has 5 nitrogen and oxygen atoms in total. The number of alkyl halides is 1. The molecular weight excluding hydrogens is 404 g/mol. The minimum absolute atomic E-state index is 0.0718. The van der Waals surface area contributed by atoms with E-state index in [1.54, 1.807) is 43.3 Å². The van der Waals surface area contributed by atoms with Crippen molar-refractivity contribution in [3.63, 3.8) is 0 Å². The Morgan fingerprint density at radius 1 is 1.30 bits per heavy atom. The van der Waals surface area contributed by atoms with Gasteiger partial charge >= 0.3 is 0 Å². The first-order chi connectivity index (χ1) is 10.9. The number of benzene rings is 2. The van der Waals surface area contributed by atoms with Gasteiger partial charge in [-0.2, -0.15) is 0 Å². The fourth-order valence-electron chi connectivity index (χ4n) is 1.73. The molecule has 23 heavy (non-hydrogen) atoms. The molecule has 1 atom stereocenters. The van der Waals surface area contributed by atoms with Gasteiger partial charge in [-0.1, -0.05) is 51.4 Å².